The molecule has 0 spiro atoms. The first-order valence-corrected chi connectivity index (χ1v) is 29.1. The Hall–Kier alpha value is -4.18. The molecule has 0 saturated carbocycles. The number of ether oxygens (including phenoxy) is 2. The van der Waals surface area contributed by atoms with E-state index in [0.717, 1.165) is 39.9 Å². The Morgan fingerprint density at radius 1 is 0.468 bits per heavy atom. The smallest absolute Gasteiger partial charge is 0.399 e. The van der Waals surface area contributed by atoms with Gasteiger partial charge in [-0.1, -0.05) is 157 Å². The standard InChI is InChI=1S/C28H40B2O6.C22H19Br2N.C13H8Br2O/c1-25(2)26(3,4)34-29(33-25)23-13-9-21(10-14-23)19-31-17-18-32-20-22-11-15-24(16-12-22)30-35-27(5,6)28(7,8)36-30;1-22(2,3)14-4-8-17(9-5-14)25-20-12-15(23)6-10-18(20)19-11-7-16(24)13-21(19)25;14-11-5-1-9(2-6-11)13(16)10-3-7-12(15)8-4-10/h9-16H,17-20H2,1-8H3;4-13H,1-3H3;1-8H. The van der Waals surface area contributed by atoms with Gasteiger partial charge in [0.05, 0.1) is 59.9 Å². The number of fused-ring (bicyclic) bond motifs is 3. The number of hydrogen-bond acceptors (Lipinski definition) is 7. The molecular weight excluding hydrogens is 1220 g/mol. The fourth-order valence-corrected chi connectivity index (χ4v) is 9.95. The lowest BCUT2D eigenvalue weighted by Gasteiger charge is -2.32. The number of hydrogen-bond donors (Lipinski definition) is 0. The summed E-state index contributed by atoms with van der Waals surface area (Å²) in [5, 5.41) is 2.54. The summed E-state index contributed by atoms with van der Waals surface area (Å²) in [6.45, 7) is 25.4. The first-order chi connectivity index (χ1) is 36.3. The van der Waals surface area contributed by atoms with E-state index in [-0.39, 0.29) is 47.8 Å². The summed E-state index contributed by atoms with van der Waals surface area (Å²) in [4.78, 5) is 12.0. The third-order valence-electron chi connectivity index (χ3n) is 14.8. The van der Waals surface area contributed by atoms with Crippen molar-refractivity contribution >= 4 is 116 Å². The predicted octanol–water partition coefficient (Wildman–Crippen LogP) is 16.1. The van der Waals surface area contributed by atoms with Crippen molar-refractivity contribution in [3.8, 4) is 5.69 Å². The number of halogens is 4. The van der Waals surface area contributed by atoms with Gasteiger partial charge in [-0.2, -0.15) is 0 Å². The molecule has 10 rings (SSSR count). The van der Waals surface area contributed by atoms with Crippen LogP contribution in [0.15, 0.2) is 176 Å². The molecule has 1 aromatic heterocycles. The molecule has 77 heavy (non-hydrogen) atoms. The molecule has 2 fully saturated rings. The quantitative estimate of drug-likeness (QED) is 0.0685. The molecule has 400 valence electrons. The highest BCUT2D eigenvalue weighted by Gasteiger charge is 2.52. The van der Waals surface area contributed by atoms with Gasteiger partial charge in [0.1, 0.15) is 0 Å². The van der Waals surface area contributed by atoms with E-state index in [1.54, 1.807) is 0 Å². The first-order valence-electron chi connectivity index (χ1n) is 25.9. The van der Waals surface area contributed by atoms with Gasteiger partial charge >= 0.3 is 14.2 Å². The van der Waals surface area contributed by atoms with E-state index in [0.29, 0.717) is 37.6 Å². The van der Waals surface area contributed by atoms with E-state index in [1.807, 2.05) is 72.8 Å². The number of ketones is 1. The number of rotatable bonds is 12. The summed E-state index contributed by atoms with van der Waals surface area (Å²) < 4.78 is 42.5. The molecule has 0 N–H and O–H groups in total. The Balaban J connectivity index is 0.000000165. The maximum Gasteiger partial charge on any atom is 0.494 e. The number of aromatic nitrogens is 1. The van der Waals surface area contributed by atoms with Gasteiger partial charge in [-0.15, -0.1) is 0 Å². The van der Waals surface area contributed by atoms with E-state index in [2.05, 4.69) is 229 Å². The van der Waals surface area contributed by atoms with Gasteiger partial charge in [0.25, 0.3) is 0 Å². The lowest BCUT2D eigenvalue weighted by atomic mass is 9.79. The lowest BCUT2D eigenvalue weighted by Crippen LogP contribution is -2.41. The molecule has 8 nitrogen and oxygen atoms in total. The Morgan fingerprint density at radius 3 is 1.14 bits per heavy atom. The van der Waals surface area contributed by atoms with E-state index in [4.69, 9.17) is 28.1 Å². The summed E-state index contributed by atoms with van der Waals surface area (Å²) >= 11 is 13.9. The molecule has 2 aliphatic rings. The molecule has 0 aliphatic carbocycles. The fraction of sp³-hybridized carbons (Fsp3) is 0.317. The predicted molar refractivity (Wildman–Crippen MR) is 330 cm³/mol. The zero-order valence-corrected chi connectivity index (χ0v) is 52.2. The van der Waals surface area contributed by atoms with Crippen LogP contribution in [-0.2, 0) is 46.7 Å². The van der Waals surface area contributed by atoms with Crippen LogP contribution in [0.25, 0.3) is 27.5 Å². The summed E-state index contributed by atoms with van der Waals surface area (Å²) in [5.41, 5.74) is 9.41. The van der Waals surface area contributed by atoms with Crippen LogP contribution in [0.5, 0.6) is 0 Å². The van der Waals surface area contributed by atoms with Crippen molar-refractivity contribution in [2.45, 2.75) is 117 Å². The van der Waals surface area contributed by atoms with Crippen LogP contribution < -0.4 is 10.9 Å². The minimum atomic E-state index is -0.343. The van der Waals surface area contributed by atoms with Gasteiger partial charge < -0.3 is 32.7 Å². The van der Waals surface area contributed by atoms with Gasteiger partial charge in [0.15, 0.2) is 5.78 Å². The summed E-state index contributed by atoms with van der Waals surface area (Å²) in [6.07, 6.45) is 0. The van der Waals surface area contributed by atoms with Crippen LogP contribution in [-0.4, -0.2) is 60.2 Å². The lowest BCUT2D eigenvalue weighted by molar-refractivity contribution is 0.00578. The first kappa shape index (κ1) is 59.0. The second-order valence-electron chi connectivity index (χ2n) is 22.6. The zero-order chi connectivity index (χ0) is 55.5. The van der Waals surface area contributed by atoms with Crippen LogP contribution in [0, 0.1) is 0 Å². The molecule has 7 aromatic carbocycles. The maximum atomic E-state index is 12.0. The number of carbonyl (C=O) groups is 1. The summed E-state index contributed by atoms with van der Waals surface area (Å²) in [7, 11) is -0.686. The third kappa shape index (κ3) is 14.2. The van der Waals surface area contributed by atoms with E-state index in [1.165, 1.54) is 33.1 Å². The monoisotopic (exact) mass is 1290 g/mol. The number of carbonyl (C=O) groups excluding carboxylic acids is 1. The van der Waals surface area contributed by atoms with Crippen LogP contribution in [0.3, 0.4) is 0 Å². The van der Waals surface area contributed by atoms with E-state index >= 15 is 0 Å². The second kappa shape index (κ2) is 24.3. The van der Waals surface area contributed by atoms with E-state index < -0.39 is 0 Å². The van der Waals surface area contributed by atoms with Crippen LogP contribution in [0.2, 0.25) is 0 Å². The molecule has 14 heteroatoms. The molecule has 2 aliphatic heterocycles. The molecule has 2 saturated heterocycles. The Labute approximate surface area is 489 Å². The van der Waals surface area contributed by atoms with Crippen LogP contribution in [0.4, 0.5) is 0 Å². The van der Waals surface area contributed by atoms with Gasteiger partial charge in [0, 0.05) is 45.5 Å². The molecule has 0 unspecified atom stereocenters. The normalized spacial score (nSPS) is 16.2. The maximum absolute atomic E-state index is 12.0. The molecular formula is C63H67B2Br4NO7. The number of benzene rings is 7. The van der Waals surface area contributed by atoms with Crippen molar-refractivity contribution in [2.75, 3.05) is 13.2 Å². The highest BCUT2D eigenvalue weighted by atomic mass is 79.9. The van der Waals surface area contributed by atoms with E-state index in [9.17, 15) is 4.79 Å². The zero-order valence-electron chi connectivity index (χ0n) is 45.8. The molecule has 3 heterocycles. The second-order valence-corrected chi connectivity index (χ2v) is 26.2. The largest absolute Gasteiger partial charge is 0.494 e. The third-order valence-corrected chi connectivity index (χ3v) is 16.9. The van der Waals surface area contributed by atoms with Crippen LogP contribution in [0.1, 0.15) is 109 Å². The molecule has 0 radical (unpaired) electrons. The van der Waals surface area contributed by atoms with Gasteiger partial charge in [-0.05, 0) is 173 Å². The van der Waals surface area contributed by atoms with Gasteiger partial charge in [-0.3, -0.25) is 4.79 Å². The minimum Gasteiger partial charge on any atom is -0.399 e. The Kier molecular flexibility index (Phi) is 18.6. The average Bonchev–Trinajstić information content (AvgIpc) is 3.93. The summed E-state index contributed by atoms with van der Waals surface area (Å²) in [6, 6.07) is 53.1. The molecule has 8 aromatic rings. The van der Waals surface area contributed by atoms with Crippen molar-refractivity contribution < 1.29 is 32.9 Å². The van der Waals surface area contributed by atoms with Gasteiger partial charge in [0.2, 0.25) is 0 Å². The van der Waals surface area contributed by atoms with Crippen molar-refractivity contribution in [3.05, 3.63) is 203 Å². The van der Waals surface area contributed by atoms with Crippen molar-refractivity contribution in [3.63, 3.8) is 0 Å². The number of nitrogens with zero attached hydrogens (tertiary/aromatic N) is 1. The fourth-order valence-electron chi connectivity index (χ4n) is 8.72. The van der Waals surface area contributed by atoms with Crippen molar-refractivity contribution in [2.24, 2.45) is 0 Å². The van der Waals surface area contributed by atoms with Crippen molar-refractivity contribution in [1.82, 2.24) is 4.57 Å². The Bertz CT molecular complexity index is 3080. The topological polar surface area (TPSA) is 77.4 Å². The SMILES string of the molecule is CC(C)(C)c1ccc(-n2c3cc(Br)ccc3c3ccc(Br)cc32)cc1.CC1(C)OB(c2ccc(COCCOCc3ccc(B4OC(C)(C)C(C)(C)O4)cc3)cc2)OC1(C)C.O=C(c1ccc(Br)cc1)c1ccc(Br)cc1. The molecule has 0 amide bonds. The highest BCUT2D eigenvalue weighted by molar-refractivity contribution is 9.11. The summed E-state index contributed by atoms with van der Waals surface area (Å²) in [5.74, 6) is 0.0417. The van der Waals surface area contributed by atoms with Crippen LogP contribution >= 0.6 is 63.7 Å². The molecule has 0 bridgehead atoms. The van der Waals surface area contributed by atoms with Gasteiger partial charge in [-0.25, -0.2) is 0 Å². The highest BCUT2D eigenvalue weighted by Crippen LogP contribution is 2.39. The average molecular weight is 1290 g/mol. The minimum absolute atomic E-state index is 0.0417. The van der Waals surface area contributed by atoms with Crippen molar-refractivity contribution in [1.29, 1.82) is 0 Å². The Morgan fingerprint density at radius 2 is 0.805 bits per heavy atom. The molecule has 0 atom stereocenters.